The molecule has 4 atom stereocenters. The van der Waals surface area contributed by atoms with Gasteiger partial charge in [0.2, 0.25) is 10.0 Å². The molecule has 1 saturated heterocycles. The molecule has 33 heavy (non-hydrogen) atoms. The minimum atomic E-state index is -3.63. The molecule has 3 fully saturated rings. The van der Waals surface area contributed by atoms with Gasteiger partial charge in [-0.1, -0.05) is 6.42 Å². The van der Waals surface area contributed by atoms with E-state index in [9.17, 15) is 18.0 Å². The van der Waals surface area contributed by atoms with Crippen molar-refractivity contribution in [1.82, 2.24) is 9.62 Å². The van der Waals surface area contributed by atoms with Crippen molar-refractivity contribution < 1.29 is 27.5 Å². The molecule has 8 nitrogen and oxygen atoms in total. The van der Waals surface area contributed by atoms with Crippen LogP contribution in [0.4, 0.5) is 0 Å². The molecule has 9 heteroatoms. The Balaban J connectivity index is 1.21. The van der Waals surface area contributed by atoms with Crippen molar-refractivity contribution in [3.05, 3.63) is 24.3 Å². The molecule has 2 bridgehead atoms. The van der Waals surface area contributed by atoms with Gasteiger partial charge in [0.25, 0.3) is 5.91 Å². The minimum Gasteiger partial charge on any atom is -0.497 e. The summed E-state index contributed by atoms with van der Waals surface area (Å²) < 4.78 is 37.4. The SMILES string of the molecule is COc1ccc(S(=O)(=O)N2CCC(C(=O)OCC(=O)NC(C)C3CC4CCC3C4)CC2)cc1. The van der Waals surface area contributed by atoms with Crippen LogP contribution in [-0.2, 0) is 24.3 Å². The van der Waals surface area contributed by atoms with E-state index in [2.05, 4.69) is 5.32 Å². The zero-order chi connectivity index (χ0) is 23.6. The molecule has 182 valence electrons. The first-order chi connectivity index (χ1) is 15.8. The van der Waals surface area contributed by atoms with Crippen LogP contribution in [0.15, 0.2) is 29.2 Å². The third-order valence-corrected chi connectivity index (χ3v) is 9.57. The lowest BCUT2D eigenvalue weighted by molar-refractivity contribution is -0.154. The van der Waals surface area contributed by atoms with Crippen LogP contribution in [0.2, 0.25) is 0 Å². The Hall–Kier alpha value is -2.13. The molecule has 4 rings (SSSR count). The fourth-order valence-electron chi connectivity index (χ4n) is 5.79. The van der Waals surface area contributed by atoms with Crippen LogP contribution >= 0.6 is 0 Å². The Labute approximate surface area is 196 Å². The summed E-state index contributed by atoms with van der Waals surface area (Å²) in [7, 11) is -2.10. The number of nitrogens with one attached hydrogen (secondary N) is 1. The number of piperidine rings is 1. The van der Waals surface area contributed by atoms with Crippen LogP contribution in [0, 0.1) is 23.7 Å². The van der Waals surface area contributed by atoms with Crippen molar-refractivity contribution in [3.8, 4) is 5.75 Å². The third kappa shape index (κ3) is 5.35. The number of carbonyl (C=O) groups is 2. The summed E-state index contributed by atoms with van der Waals surface area (Å²) in [6.07, 6.45) is 5.79. The van der Waals surface area contributed by atoms with Gasteiger partial charge in [-0.3, -0.25) is 9.59 Å². The second-order valence-corrected chi connectivity index (χ2v) is 11.6. The molecule has 1 aromatic carbocycles. The van der Waals surface area contributed by atoms with Crippen LogP contribution in [-0.4, -0.2) is 57.4 Å². The molecule has 1 aromatic rings. The maximum atomic E-state index is 12.9. The number of carbonyl (C=O) groups excluding carboxylic acids is 2. The Bertz CT molecular complexity index is 956. The number of esters is 1. The van der Waals surface area contributed by atoms with Crippen molar-refractivity contribution in [2.75, 3.05) is 26.8 Å². The first-order valence-corrected chi connectivity index (χ1v) is 13.3. The van der Waals surface area contributed by atoms with Crippen LogP contribution in [0.5, 0.6) is 5.75 Å². The molecule has 2 aliphatic carbocycles. The van der Waals surface area contributed by atoms with E-state index >= 15 is 0 Å². The summed E-state index contributed by atoms with van der Waals surface area (Å²) in [5.41, 5.74) is 0. The van der Waals surface area contributed by atoms with Gasteiger partial charge in [-0.2, -0.15) is 4.31 Å². The zero-order valence-electron chi connectivity index (χ0n) is 19.4. The molecular formula is C24H34N2O6S. The first kappa shape index (κ1) is 24.0. The predicted molar refractivity (Wildman–Crippen MR) is 122 cm³/mol. The second kappa shape index (κ2) is 10.0. The van der Waals surface area contributed by atoms with Gasteiger partial charge in [-0.15, -0.1) is 0 Å². The van der Waals surface area contributed by atoms with Gasteiger partial charge in [0.15, 0.2) is 6.61 Å². The Morgan fingerprint density at radius 2 is 1.79 bits per heavy atom. The van der Waals surface area contributed by atoms with Crippen molar-refractivity contribution >= 4 is 21.9 Å². The summed E-state index contributed by atoms with van der Waals surface area (Å²) in [4.78, 5) is 25.0. The average Bonchev–Trinajstić information content (AvgIpc) is 3.46. The molecular weight excluding hydrogens is 444 g/mol. The van der Waals surface area contributed by atoms with E-state index in [1.165, 1.54) is 49.2 Å². The van der Waals surface area contributed by atoms with Crippen LogP contribution in [0.3, 0.4) is 0 Å². The largest absolute Gasteiger partial charge is 0.497 e. The number of fused-ring (bicyclic) bond motifs is 2. The van der Waals surface area contributed by atoms with Crippen molar-refractivity contribution in [2.24, 2.45) is 23.7 Å². The molecule has 1 aliphatic heterocycles. The third-order valence-electron chi connectivity index (χ3n) is 7.65. The zero-order valence-corrected chi connectivity index (χ0v) is 20.2. The average molecular weight is 479 g/mol. The maximum absolute atomic E-state index is 12.9. The lowest BCUT2D eigenvalue weighted by Crippen LogP contribution is -2.43. The van der Waals surface area contributed by atoms with E-state index < -0.39 is 21.9 Å². The molecule has 0 radical (unpaired) electrons. The standard InChI is InChI=1S/C24H34N2O6S/c1-16(22-14-17-3-4-19(22)13-17)25-23(27)15-32-24(28)18-9-11-26(12-10-18)33(29,30)21-7-5-20(31-2)6-8-21/h5-8,16-19,22H,3-4,9-15H2,1-2H3,(H,25,27). The summed E-state index contributed by atoms with van der Waals surface area (Å²) in [6, 6.07) is 6.36. The van der Waals surface area contributed by atoms with E-state index in [4.69, 9.17) is 9.47 Å². The molecule has 1 heterocycles. The lowest BCUT2D eigenvalue weighted by atomic mass is 9.84. The molecule has 0 spiro atoms. The Morgan fingerprint density at radius 3 is 2.36 bits per heavy atom. The topological polar surface area (TPSA) is 102 Å². The number of amides is 1. The van der Waals surface area contributed by atoms with Gasteiger partial charge in [0.05, 0.1) is 17.9 Å². The maximum Gasteiger partial charge on any atom is 0.309 e. The number of nitrogens with zero attached hydrogens (tertiary/aromatic N) is 1. The normalized spacial score (nSPS) is 26.7. The summed E-state index contributed by atoms with van der Waals surface area (Å²) in [5.74, 6) is 1.55. The monoisotopic (exact) mass is 478 g/mol. The highest BCUT2D eigenvalue weighted by atomic mass is 32.2. The van der Waals surface area contributed by atoms with E-state index in [-0.39, 0.29) is 36.5 Å². The summed E-state index contributed by atoms with van der Waals surface area (Å²) in [5, 5.41) is 3.01. The van der Waals surface area contributed by atoms with Gasteiger partial charge in [-0.25, -0.2) is 8.42 Å². The van der Waals surface area contributed by atoms with Crippen LogP contribution in [0.25, 0.3) is 0 Å². The minimum absolute atomic E-state index is 0.0953. The van der Waals surface area contributed by atoms with Gasteiger partial charge in [-0.05, 0) is 81.0 Å². The van der Waals surface area contributed by atoms with Gasteiger partial charge in [0.1, 0.15) is 5.75 Å². The number of hydrogen-bond donors (Lipinski definition) is 1. The fraction of sp³-hybridized carbons (Fsp3) is 0.667. The number of benzene rings is 1. The first-order valence-electron chi connectivity index (χ1n) is 11.9. The smallest absolute Gasteiger partial charge is 0.309 e. The predicted octanol–water partition coefficient (Wildman–Crippen LogP) is 2.58. The van der Waals surface area contributed by atoms with E-state index in [1.807, 2.05) is 6.92 Å². The molecule has 4 unspecified atom stereocenters. The molecule has 1 N–H and O–H groups in total. The molecule has 3 aliphatic rings. The van der Waals surface area contributed by atoms with E-state index in [0.717, 1.165) is 5.92 Å². The number of sulfonamides is 1. The number of ether oxygens (including phenoxy) is 2. The highest BCUT2D eigenvalue weighted by molar-refractivity contribution is 7.89. The lowest BCUT2D eigenvalue weighted by Gasteiger charge is -2.30. The quantitative estimate of drug-likeness (QED) is 0.576. The summed E-state index contributed by atoms with van der Waals surface area (Å²) >= 11 is 0. The Kier molecular flexibility index (Phi) is 7.28. The summed E-state index contributed by atoms with van der Waals surface area (Å²) in [6.45, 7) is 2.24. The van der Waals surface area contributed by atoms with E-state index in [1.54, 1.807) is 12.1 Å². The number of rotatable bonds is 8. The highest BCUT2D eigenvalue weighted by Gasteiger charge is 2.42. The van der Waals surface area contributed by atoms with Crippen LogP contribution in [0.1, 0.15) is 45.4 Å². The van der Waals surface area contributed by atoms with Crippen LogP contribution < -0.4 is 10.1 Å². The van der Waals surface area contributed by atoms with Gasteiger partial charge < -0.3 is 14.8 Å². The van der Waals surface area contributed by atoms with E-state index in [0.29, 0.717) is 30.4 Å². The second-order valence-electron chi connectivity index (χ2n) is 9.66. The molecule has 2 saturated carbocycles. The van der Waals surface area contributed by atoms with Crippen molar-refractivity contribution in [3.63, 3.8) is 0 Å². The highest BCUT2D eigenvalue weighted by Crippen LogP contribution is 2.49. The Morgan fingerprint density at radius 1 is 1.09 bits per heavy atom. The van der Waals surface area contributed by atoms with Crippen molar-refractivity contribution in [2.45, 2.75) is 56.4 Å². The number of methoxy groups -OCH3 is 1. The van der Waals surface area contributed by atoms with Crippen molar-refractivity contribution in [1.29, 1.82) is 0 Å². The number of hydrogen-bond acceptors (Lipinski definition) is 6. The fourth-order valence-corrected chi connectivity index (χ4v) is 7.26. The van der Waals surface area contributed by atoms with Gasteiger partial charge in [0, 0.05) is 19.1 Å². The van der Waals surface area contributed by atoms with Gasteiger partial charge >= 0.3 is 5.97 Å². The molecule has 0 aromatic heterocycles. The molecule has 1 amide bonds.